The van der Waals surface area contributed by atoms with Crippen molar-refractivity contribution in [2.75, 3.05) is 34.0 Å². The third-order valence-corrected chi connectivity index (χ3v) is 14.9. The number of carbonyl (C=O) groups is 4. The second kappa shape index (κ2) is 17.8. The van der Waals surface area contributed by atoms with E-state index in [-0.39, 0.29) is 37.8 Å². The van der Waals surface area contributed by atoms with Gasteiger partial charge in [-0.3, -0.25) is 19.1 Å². The van der Waals surface area contributed by atoms with E-state index in [4.69, 9.17) is 23.7 Å². The van der Waals surface area contributed by atoms with E-state index in [2.05, 4.69) is 20.3 Å². The summed E-state index contributed by atoms with van der Waals surface area (Å²) < 4.78 is 85.3. The molecule has 1 saturated heterocycles. The molecule has 1 aromatic heterocycles. The van der Waals surface area contributed by atoms with Crippen LogP contribution in [0.1, 0.15) is 86.5 Å². The summed E-state index contributed by atoms with van der Waals surface area (Å²) in [5.74, 6) is -5.98. The third kappa shape index (κ3) is 9.72. The van der Waals surface area contributed by atoms with Gasteiger partial charge in [0, 0.05) is 43.1 Å². The quantitative estimate of drug-likeness (QED) is 0.227. The number of halogens is 2. The molecule has 2 aromatic rings. The largest absolute Gasteiger partial charge is 0.497 e. The van der Waals surface area contributed by atoms with Gasteiger partial charge in [0.2, 0.25) is 27.7 Å². The van der Waals surface area contributed by atoms with Gasteiger partial charge in [0.25, 0.3) is 11.8 Å². The van der Waals surface area contributed by atoms with Crippen molar-refractivity contribution in [1.82, 2.24) is 25.2 Å². The van der Waals surface area contributed by atoms with Gasteiger partial charge in [-0.15, -0.1) is 0 Å². The molecule has 16 nitrogen and oxygen atoms in total. The number of nitrogens with zero attached hydrogens (tertiary/aromatic N) is 2. The molecule has 0 spiro atoms. The van der Waals surface area contributed by atoms with Crippen LogP contribution in [0.4, 0.5) is 13.6 Å². The maximum Gasteiger partial charge on any atom is 0.408 e. The molecule has 342 valence electrons. The molecule has 6 rings (SSSR count). The molecule has 0 radical (unpaired) electrons. The Bertz CT molecular complexity index is 2180. The Labute approximate surface area is 361 Å². The number of amides is 4. The average Bonchev–Trinajstić information content (AvgIpc) is 4.08. The van der Waals surface area contributed by atoms with Crippen molar-refractivity contribution in [1.29, 1.82) is 0 Å². The van der Waals surface area contributed by atoms with Crippen molar-refractivity contribution in [3.05, 3.63) is 36.5 Å². The summed E-state index contributed by atoms with van der Waals surface area (Å²) in [4.78, 5) is 63.1. The standard InChI is InChI=1S/C43H59F2N5O11S/c1-9-59-33-22-46-36(30-15-14-28(58-8)19-31(30)33)60-29-20-32-35(51)48-43(38(53)49-62(55,56)41(5)16-17-41)21-27(43)13-11-10-12-25(2)18-26(24-57-7)34(37(52)50(32)23-29)47-39(54)61-40(3,4)42(6,44)45/h11,13-15,19,22,25-27,29,32,34H,9-10,12,16-18,20-21,23-24H2,1-8H3,(H,47,54)(H,48,51)(H,49,53)/b13-11-/t25-,26-,27+,29+,32-,34-,43+/m0/s1. The van der Waals surface area contributed by atoms with Crippen molar-refractivity contribution in [3.8, 4) is 17.4 Å². The first kappa shape index (κ1) is 46.7. The van der Waals surface area contributed by atoms with E-state index < -0.39 is 85.7 Å². The van der Waals surface area contributed by atoms with E-state index in [1.54, 1.807) is 31.2 Å². The van der Waals surface area contributed by atoms with Crippen LogP contribution in [0.25, 0.3) is 10.8 Å². The number of carbonyl (C=O) groups excluding carboxylic acids is 4. The van der Waals surface area contributed by atoms with E-state index >= 15 is 4.79 Å². The van der Waals surface area contributed by atoms with Crippen LogP contribution in [0.2, 0.25) is 0 Å². The molecule has 3 fully saturated rings. The molecule has 2 aliphatic carbocycles. The number of sulfonamides is 1. The van der Waals surface area contributed by atoms with Gasteiger partial charge in [0.1, 0.15) is 35.2 Å². The van der Waals surface area contributed by atoms with Gasteiger partial charge in [-0.05, 0) is 90.3 Å². The SMILES string of the molecule is CCOc1cnc(O[C@@H]2C[C@H]3C(=O)N[C@]4(C(=O)NS(=O)(=O)C5(C)CC5)C[C@H]4/C=C\CC[C@H](C)C[C@@H](COC)[C@H](NC(=O)OC(C)(C)C(C)(F)F)C(=O)N3C2)c2ccc(OC)cc12. The van der Waals surface area contributed by atoms with E-state index in [1.807, 2.05) is 19.9 Å². The number of allylic oxidation sites excluding steroid dienone is 1. The zero-order chi connectivity index (χ0) is 45.4. The maximum atomic E-state index is 15.1. The summed E-state index contributed by atoms with van der Waals surface area (Å²) in [5.41, 5.74) is -3.91. The number of fused-ring (bicyclic) bond motifs is 3. The molecule has 7 atom stereocenters. The van der Waals surface area contributed by atoms with E-state index in [0.29, 0.717) is 67.9 Å². The minimum absolute atomic E-state index is 0.0286. The van der Waals surface area contributed by atoms with Crippen molar-refractivity contribution >= 4 is 44.6 Å². The van der Waals surface area contributed by atoms with Crippen LogP contribution in [-0.4, -0.2) is 116 Å². The Hall–Kier alpha value is -4.78. The second-order valence-corrected chi connectivity index (χ2v) is 20.1. The molecule has 19 heteroatoms. The molecule has 2 aliphatic heterocycles. The zero-order valence-corrected chi connectivity index (χ0v) is 37.4. The number of ether oxygens (including phenoxy) is 5. The molecule has 4 aliphatic rings. The van der Waals surface area contributed by atoms with Crippen LogP contribution < -0.4 is 29.6 Å². The number of rotatable bonds is 13. The molecule has 62 heavy (non-hydrogen) atoms. The van der Waals surface area contributed by atoms with Gasteiger partial charge in [0.15, 0.2) is 5.60 Å². The molecule has 1 aromatic carbocycles. The first-order valence-electron chi connectivity index (χ1n) is 21.1. The number of aromatic nitrogens is 1. The highest BCUT2D eigenvalue weighted by atomic mass is 32.2. The van der Waals surface area contributed by atoms with Crippen LogP contribution in [-0.2, 0) is 33.9 Å². The number of alkyl halides is 2. The highest BCUT2D eigenvalue weighted by Crippen LogP contribution is 2.48. The lowest BCUT2D eigenvalue weighted by atomic mass is 9.87. The number of alkyl carbamates (subject to hydrolysis) is 1. The van der Waals surface area contributed by atoms with Crippen LogP contribution in [0.5, 0.6) is 17.4 Å². The van der Waals surface area contributed by atoms with E-state index in [9.17, 15) is 31.6 Å². The number of methoxy groups -OCH3 is 2. The number of nitrogens with one attached hydrogen (secondary N) is 3. The first-order chi connectivity index (χ1) is 29.1. The Morgan fingerprint density at radius 2 is 1.82 bits per heavy atom. The highest BCUT2D eigenvalue weighted by molar-refractivity contribution is 7.91. The van der Waals surface area contributed by atoms with E-state index in [1.165, 1.54) is 25.3 Å². The normalized spacial score (nSPS) is 28.3. The molecule has 0 bridgehead atoms. The Morgan fingerprint density at radius 1 is 1.10 bits per heavy atom. The fourth-order valence-corrected chi connectivity index (χ4v) is 9.40. The minimum atomic E-state index is -4.08. The fraction of sp³-hybridized carbons (Fsp3) is 0.651. The number of benzene rings is 1. The molecule has 2 saturated carbocycles. The van der Waals surface area contributed by atoms with Crippen molar-refractivity contribution in [2.24, 2.45) is 17.8 Å². The molecule has 3 heterocycles. The molecule has 4 amide bonds. The second-order valence-electron chi connectivity index (χ2n) is 17.9. The Balaban J connectivity index is 1.39. The molecular formula is C43H59F2N5O11S. The smallest absolute Gasteiger partial charge is 0.408 e. The monoisotopic (exact) mass is 891 g/mol. The average molecular weight is 892 g/mol. The summed E-state index contributed by atoms with van der Waals surface area (Å²) >= 11 is 0. The lowest BCUT2D eigenvalue weighted by Gasteiger charge is -2.35. The molecule has 3 N–H and O–H groups in total. The number of hydrogen-bond acceptors (Lipinski definition) is 12. The molecular weight excluding hydrogens is 833 g/mol. The summed E-state index contributed by atoms with van der Waals surface area (Å²) in [6.07, 6.45) is 5.27. The van der Waals surface area contributed by atoms with Crippen LogP contribution >= 0.6 is 0 Å². The highest BCUT2D eigenvalue weighted by Gasteiger charge is 2.63. The number of pyridine rings is 1. The molecule has 0 unspecified atom stereocenters. The lowest BCUT2D eigenvalue weighted by Crippen LogP contribution is -2.60. The third-order valence-electron chi connectivity index (χ3n) is 12.7. The topological polar surface area (TPSA) is 201 Å². The summed E-state index contributed by atoms with van der Waals surface area (Å²) in [7, 11) is -1.12. The summed E-state index contributed by atoms with van der Waals surface area (Å²) in [6.45, 7) is 8.19. The van der Waals surface area contributed by atoms with Crippen molar-refractivity contribution in [2.45, 2.75) is 126 Å². The summed E-state index contributed by atoms with van der Waals surface area (Å²) in [6, 6.07) is 2.47. The lowest BCUT2D eigenvalue weighted by molar-refractivity contribution is -0.152. The minimum Gasteiger partial charge on any atom is -0.497 e. The van der Waals surface area contributed by atoms with Gasteiger partial charge in [-0.25, -0.2) is 27.0 Å². The van der Waals surface area contributed by atoms with Gasteiger partial charge in [0.05, 0.1) is 37.8 Å². The Kier molecular flexibility index (Phi) is 13.4. The number of hydrogen-bond donors (Lipinski definition) is 3. The fourth-order valence-electron chi connectivity index (χ4n) is 8.09. The van der Waals surface area contributed by atoms with E-state index in [0.717, 1.165) is 13.8 Å². The van der Waals surface area contributed by atoms with Crippen LogP contribution in [0.15, 0.2) is 36.5 Å². The predicted molar refractivity (Wildman–Crippen MR) is 223 cm³/mol. The summed E-state index contributed by atoms with van der Waals surface area (Å²) in [5, 5.41) is 6.58. The van der Waals surface area contributed by atoms with Gasteiger partial charge in [-0.1, -0.05) is 19.1 Å². The van der Waals surface area contributed by atoms with Gasteiger partial charge >= 0.3 is 6.09 Å². The van der Waals surface area contributed by atoms with Crippen LogP contribution in [0, 0.1) is 17.8 Å². The van der Waals surface area contributed by atoms with Crippen molar-refractivity contribution in [3.63, 3.8) is 0 Å². The Morgan fingerprint density at radius 3 is 2.47 bits per heavy atom. The van der Waals surface area contributed by atoms with Gasteiger partial charge in [-0.2, -0.15) is 0 Å². The van der Waals surface area contributed by atoms with Gasteiger partial charge < -0.3 is 39.2 Å². The predicted octanol–water partition coefficient (Wildman–Crippen LogP) is 5.03. The zero-order valence-electron chi connectivity index (χ0n) is 36.5. The van der Waals surface area contributed by atoms with Crippen LogP contribution in [0.3, 0.4) is 0 Å². The maximum absolute atomic E-state index is 15.1. The van der Waals surface area contributed by atoms with Crippen molar-refractivity contribution < 1.29 is 60.1 Å². The first-order valence-corrected chi connectivity index (χ1v) is 22.5.